The van der Waals surface area contributed by atoms with Gasteiger partial charge in [0.2, 0.25) is 0 Å². The Morgan fingerprint density at radius 3 is 2.11 bits per heavy atom. The van der Waals surface area contributed by atoms with Crippen LogP contribution in [0.4, 0.5) is 0 Å². The normalized spacial score (nSPS) is 35.2. The van der Waals surface area contributed by atoms with E-state index in [1.807, 2.05) is 0 Å². The monoisotopic (exact) mass is 256 g/mol. The standard InChI is InChI=1S/C15H32N2O/c1-11(2)7-12(3)17(6)15(10-16)8-13(4)18-14(5)9-15/h11-14H,7-10,16H2,1-6H3. The lowest BCUT2D eigenvalue weighted by molar-refractivity contribution is -0.106. The van der Waals surface area contributed by atoms with Crippen molar-refractivity contribution in [1.29, 1.82) is 0 Å². The first kappa shape index (κ1) is 15.9. The fourth-order valence-electron chi connectivity index (χ4n) is 3.55. The van der Waals surface area contributed by atoms with E-state index in [2.05, 4.69) is 46.6 Å². The molecule has 0 aromatic carbocycles. The largest absolute Gasteiger partial charge is 0.375 e. The van der Waals surface area contributed by atoms with Crippen molar-refractivity contribution in [3.63, 3.8) is 0 Å². The van der Waals surface area contributed by atoms with Crippen molar-refractivity contribution >= 4 is 0 Å². The molecule has 3 atom stereocenters. The summed E-state index contributed by atoms with van der Waals surface area (Å²) in [6.07, 6.45) is 3.94. The SMILES string of the molecule is CC(C)CC(C)N(C)C1(CN)CC(C)OC(C)C1. The highest BCUT2D eigenvalue weighted by Gasteiger charge is 2.42. The van der Waals surface area contributed by atoms with E-state index in [9.17, 15) is 0 Å². The Kier molecular flexibility index (Phi) is 5.63. The van der Waals surface area contributed by atoms with Gasteiger partial charge in [0, 0.05) is 18.1 Å². The van der Waals surface area contributed by atoms with Crippen molar-refractivity contribution in [3.8, 4) is 0 Å². The number of nitrogens with two attached hydrogens (primary N) is 1. The zero-order chi connectivity index (χ0) is 13.9. The van der Waals surface area contributed by atoms with Crippen molar-refractivity contribution in [2.75, 3.05) is 13.6 Å². The quantitative estimate of drug-likeness (QED) is 0.822. The second-order valence-corrected chi connectivity index (χ2v) is 6.68. The maximum atomic E-state index is 6.13. The van der Waals surface area contributed by atoms with Crippen LogP contribution in [0.15, 0.2) is 0 Å². The Morgan fingerprint density at radius 2 is 1.72 bits per heavy atom. The maximum absolute atomic E-state index is 6.13. The highest BCUT2D eigenvalue weighted by atomic mass is 16.5. The molecular weight excluding hydrogens is 224 g/mol. The van der Waals surface area contributed by atoms with Gasteiger partial charge in [-0.3, -0.25) is 4.90 Å². The maximum Gasteiger partial charge on any atom is 0.0568 e. The first-order chi connectivity index (χ1) is 8.30. The smallest absolute Gasteiger partial charge is 0.0568 e. The van der Waals surface area contributed by atoms with E-state index >= 15 is 0 Å². The molecule has 1 aliphatic rings. The summed E-state index contributed by atoms with van der Waals surface area (Å²) < 4.78 is 5.87. The molecule has 1 heterocycles. The van der Waals surface area contributed by atoms with Gasteiger partial charge < -0.3 is 10.5 Å². The van der Waals surface area contributed by atoms with Gasteiger partial charge in [0.05, 0.1) is 12.2 Å². The molecule has 108 valence electrons. The molecule has 2 N–H and O–H groups in total. The van der Waals surface area contributed by atoms with Crippen LogP contribution >= 0.6 is 0 Å². The first-order valence-electron chi connectivity index (χ1n) is 7.39. The van der Waals surface area contributed by atoms with Gasteiger partial charge in [-0.25, -0.2) is 0 Å². The Labute approximate surface area is 113 Å². The summed E-state index contributed by atoms with van der Waals surface area (Å²) in [6, 6.07) is 0.575. The minimum Gasteiger partial charge on any atom is -0.375 e. The molecular formula is C15H32N2O. The van der Waals surface area contributed by atoms with Crippen LogP contribution in [0, 0.1) is 5.92 Å². The highest BCUT2D eigenvalue weighted by molar-refractivity contribution is 4.98. The van der Waals surface area contributed by atoms with E-state index in [0.29, 0.717) is 18.2 Å². The molecule has 0 aliphatic carbocycles. The molecule has 0 spiro atoms. The van der Waals surface area contributed by atoms with E-state index in [-0.39, 0.29) is 5.54 Å². The van der Waals surface area contributed by atoms with Crippen LogP contribution in [0.2, 0.25) is 0 Å². The Bertz CT molecular complexity index is 245. The molecule has 1 rings (SSSR count). The van der Waals surface area contributed by atoms with E-state index < -0.39 is 0 Å². The minimum absolute atomic E-state index is 0.116. The fraction of sp³-hybridized carbons (Fsp3) is 1.00. The van der Waals surface area contributed by atoms with Crippen LogP contribution in [-0.2, 0) is 4.74 Å². The molecule has 1 saturated heterocycles. The number of hydrogen-bond acceptors (Lipinski definition) is 3. The number of likely N-dealkylation sites (N-methyl/N-ethyl adjacent to an activating group) is 1. The van der Waals surface area contributed by atoms with E-state index in [0.717, 1.165) is 25.3 Å². The molecule has 3 heteroatoms. The van der Waals surface area contributed by atoms with Crippen LogP contribution in [0.5, 0.6) is 0 Å². The number of rotatable bonds is 5. The van der Waals surface area contributed by atoms with E-state index in [1.165, 1.54) is 6.42 Å². The molecule has 3 nitrogen and oxygen atoms in total. The lowest BCUT2D eigenvalue weighted by Gasteiger charge is -2.50. The highest BCUT2D eigenvalue weighted by Crippen LogP contribution is 2.34. The Hall–Kier alpha value is -0.120. The summed E-state index contributed by atoms with van der Waals surface area (Å²) in [5.74, 6) is 0.729. The van der Waals surface area contributed by atoms with Gasteiger partial charge in [0.25, 0.3) is 0 Å². The molecule has 0 aromatic rings. The Balaban J connectivity index is 2.79. The van der Waals surface area contributed by atoms with E-state index in [1.54, 1.807) is 0 Å². The zero-order valence-electron chi connectivity index (χ0n) is 13.1. The van der Waals surface area contributed by atoms with Crippen molar-refractivity contribution in [3.05, 3.63) is 0 Å². The lowest BCUT2D eigenvalue weighted by atomic mass is 9.81. The predicted molar refractivity (Wildman–Crippen MR) is 77.7 cm³/mol. The molecule has 0 saturated carbocycles. The van der Waals surface area contributed by atoms with Crippen molar-refractivity contribution in [2.24, 2.45) is 11.7 Å². The van der Waals surface area contributed by atoms with Crippen LogP contribution in [0.25, 0.3) is 0 Å². The third-order valence-corrected chi connectivity index (χ3v) is 4.40. The van der Waals surface area contributed by atoms with Crippen molar-refractivity contribution < 1.29 is 4.74 Å². The summed E-state index contributed by atoms with van der Waals surface area (Å²) >= 11 is 0. The lowest BCUT2D eigenvalue weighted by Crippen LogP contribution is -2.60. The van der Waals surface area contributed by atoms with Gasteiger partial charge in [0.1, 0.15) is 0 Å². The van der Waals surface area contributed by atoms with Gasteiger partial charge in [-0.1, -0.05) is 13.8 Å². The van der Waals surface area contributed by atoms with Crippen LogP contribution in [0.3, 0.4) is 0 Å². The number of hydrogen-bond donors (Lipinski definition) is 1. The number of nitrogens with zero attached hydrogens (tertiary/aromatic N) is 1. The van der Waals surface area contributed by atoms with Crippen molar-refractivity contribution in [2.45, 2.75) is 77.7 Å². The number of ether oxygens (including phenoxy) is 1. The molecule has 0 amide bonds. The molecule has 1 fully saturated rings. The predicted octanol–water partition coefficient (Wildman–Crippen LogP) is 2.64. The van der Waals surface area contributed by atoms with E-state index in [4.69, 9.17) is 10.5 Å². The average molecular weight is 256 g/mol. The third kappa shape index (κ3) is 3.69. The van der Waals surface area contributed by atoms with Gasteiger partial charge in [-0.15, -0.1) is 0 Å². The average Bonchev–Trinajstić information content (AvgIpc) is 2.25. The van der Waals surface area contributed by atoms with Crippen LogP contribution < -0.4 is 5.73 Å². The Morgan fingerprint density at radius 1 is 1.22 bits per heavy atom. The van der Waals surface area contributed by atoms with Gasteiger partial charge in [-0.05, 0) is 53.0 Å². The summed E-state index contributed by atoms with van der Waals surface area (Å²) in [7, 11) is 2.24. The topological polar surface area (TPSA) is 38.5 Å². The summed E-state index contributed by atoms with van der Waals surface area (Å²) in [6.45, 7) is 12.0. The fourth-order valence-corrected chi connectivity index (χ4v) is 3.55. The molecule has 0 radical (unpaired) electrons. The first-order valence-corrected chi connectivity index (χ1v) is 7.39. The zero-order valence-corrected chi connectivity index (χ0v) is 13.1. The van der Waals surface area contributed by atoms with Crippen LogP contribution in [-0.4, -0.2) is 42.3 Å². The molecule has 1 aliphatic heterocycles. The molecule has 3 unspecified atom stereocenters. The molecule has 18 heavy (non-hydrogen) atoms. The molecule has 0 bridgehead atoms. The van der Waals surface area contributed by atoms with Crippen molar-refractivity contribution in [1.82, 2.24) is 4.90 Å². The summed E-state index contributed by atoms with van der Waals surface area (Å²) in [5, 5.41) is 0. The summed E-state index contributed by atoms with van der Waals surface area (Å²) in [4.78, 5) is 2.52. The second-order valence-electron chi connectivity index (χ2n) is 6.68. The molecule has 0 aromatic heterocycles. The summed E-state index contributed by atoms with van der Waals surface area (Å²) in [5.41, 5.74) is 6.25. The minimum atomic E-state index is 0.116. The van der Waals surface area contributed by atoms with Crippen LogP contribution in [0.1, 0.15) is 53.9 Å². The van der Waals surface area contributed by atoms with Gasteiger partial charge in [-0.2, -0.15) is 0 Å². The van der Waals surface area contributed by atoms with Gasteiger partial charge >= 0.3 is 0 Å². The van der Waals surface area contributed by atoms with Gasteiger partial charge in [0.15, 0.2) is 0 Å². The third-order valence-electron chi connectivity index (χ3n) is 4.40. The second kappa shape index (κ2) is 6.36.